The van der Waals surface area contributed by atoms with Crippen molar-refractivity contribution in [3.8, 4) is 11.5 Å². The number of fused-ring (bicyclic) bond motifs is 1. The van der Waals surface area contributed by atoms with Crippen molar-refractivity contribution in [3.63, 3.8) is 0 Å². The maximum Gasteiger partial charge on any atom is 0.344 e. The van der Waals surface area contributed by atoms with Crippen molar-refractivity contribution in [1.29, 1.82) is 0 Å². The maximum absolute atomic E-state index is 12.0. The molecule has 0 fully saturated rings. The Balaban J connectivity index is 2.30. The minimum atomic E-state index is -0.395. The Bertz CT molecular complexity index is 473. The summed E-state index contributed by atoms with van der Waals surface area (Å²) in [5.41, 5.74) is 1.26. The number of esters is 1. The molecule has 1 atom stereocenters. The lowest BCUT2D eigenvalue weighted by Gasteiger charge is -2.13. The van der Waals surface area contributed by atoms with Gasteiger partial charge in [0.05, 0.1) is 14.2 Å². The van der Waals surface area contributed by atoms with Crippen molar-refractivity contribution < 1.29 is 19.0 Å². The van der Waals surface area contributed by atoms with E-state index >= 15 is 0 Å². The van der Waals surface area contributed by atoms with E-state index in [0.29, 0.717) is 17.1 Å². The summed E-state index contributed by atoms with van der Waals surface area (Å²) >= 11 is 0. The Hall–Kier alpha value is -1.75. The fourth-order valence-corrected chi connectivity index (χ4v) is 2.16. The fourth-order valence-electron chi connectivity index (χ4n) is 2.16. The van der Waals surface area contributed by atoms with Gasteiger partial charge in [0.1, 0.15) is 5.56 Å². The molecule has 0 aliphatic carbocycles. The van der Waals surface area contributed by atoms with Crippen LogP contribution in [0.15, 0.2) is 12.1 Å². The molecule has 0 saturated heterocycles. The first-order valence-corrected chi connectivity index (χ1v) is 6.42. The summed E-state index contributed by atoms with van der Waals surface area (Å²) in [6.45, 7) is 2.92. The van der Waals surface area contributed by atoms with E-state index in [9.17, 15) is 4.79 Å². The summed E-state index contributed by atoms with van der Waals surface area (Å²) in [4.78, 5) is 12.0. The Morgan fingerprint density at radius 3 is 2.74 bits per heavy atom. The van der Waals surface area contributed by atoms with Gasteiger partial charge in [0.25, 0.3) is 0 Å². The van der Waals surface area contributed by atoms with E-state index in [1.165, 1.54) is 7.11 Å². The number of cyclic esters (lactones) is 1. The quantitative estimate of drug-likeness (QED) is 0.631. The van der Waals surface area contributed by atoms with Gasteiger partial charge in [0.15, 0.2) is 17.7 Å². The predicted octanol–water partition coefficient (Wildman–Crippen LogP) is 2.26. The SMILES string of the molecule is CCCCNC1OC(=O)c2c1ccc(OC)c2OC. The first kappa shape index (κ1) is 13.7. The molecule has 0 saturated carbocycles. The van der Waals surface area contributed by atoms with Gasteiger partial charge in [-0.2, -0.15) is 0 Å². The van der Waals surface area contributed by atoms with Gasteiger partial charge in [-0.15, -0.1) is 0 Å². The van der Waals surface area contributed by atoms with E-state index in [1.54, 1.807) is 13.2 Å². The van der Waals surface area contributed by atoms with E-state index in [2.05, 4.69) is 12.2 Å². The molecular formula is C14H19NO4. The number of rotatable bonds is 6. The van der Waals surface area contributed by atoms with Crippen LogP contribution < -0.4 is 14.8 Å². The molecule has 1 aromatic rings. The number of carbonyl (C=O) groups is 1. The highest BCUT2D eigenvalue weighted by atomic mass is 16.6. The van der Waals surface area contributed by atoms with E-state index in [1.807, 2.05) is 6.07 Å². The summed E-state index contributed by atoms with van der Waals surface area (Å²) in [7, 11) is 3.06. The maximum atomic E-state index is 12.0. The molecular weight excluding hydrogens is 246 g/mol. The van der Waals surface area contributed by atoms with Gasteiger partial charge in [0, 0.05) is 5.56 Å². The fraction of sp³-hybridized carbons (Fsp3) is 0.500. The molecule has 0 amide bonds. The number of hydrogen-bond donors (Lipinski definition) is 1. The smallest absolute Gasteiger partial charge is 0.344 e. The minimum absolute atomic E-state index is 0.375. The molecule has 1 N–H and O–H groups in total. The second-order valence-corrected chi connectivity index (χ2v) is 4.36. The van der Waals surface area contributed by atoms with E-state index < -0.39 is 6.23 Å². The molecule has 104 valence electrons. The third-order valence-electron chi connectivity index (χ3n) is 3.15. The third kappa shape index (κ3) is 2.51. The number of ether oxygens (including phenoxy) is 3. The number of hydrogen-bond acceptors (Lipinski definition) is 5. The zero-order valence-electron chi connectivity index (χ0n) is 11.5. The van der Waals surface area contributed by atoms with Crippen LogP contribution in [-0.4, -0.2) is 26.7 Å². The predicted molar refractivity (Wildman–Crippen MR) is 70.6 cm³/mol. The first-order chi connectivity index (χ1) is 9.22. The summed E-state index contributed by atoms with van der Waals surface area (Å²) in [5.74, 6) is 0.594. The van der Waals surface area contributed by atoms with Crippen LogP contribution in [0.2, 0.25) is 0 Å². The molecule has 0 radical (unpaired) electrons. The van der Waals surface area contributed by atoms with Crippen molar-refractivity contribution >= 4 is 5.97 Å². The number of methoxy groups -OCH3 is 2. The van der Waals surface area contributed by atoms with Crippen molar-refractivity contribution in [3.05, 3.63) is 23.3 Å². The third-order valence-corrected chi connectivity index (χ3v) is 3.15. The lowest BCUT2D eigenvalue weighted by atomic mass is 10.1. The molecule has 0 aromatic heterocycles. The molecule has 1 heterocycles. The molecule has 1 aromatic carbocycles. The Labute approximate surface area is 112 Å². The Morgan fingerprint density at radius 2 is 2.11 bits per heavy atom. The van der Waals surface area contributed by atoms with Gasteiger partial charge in [-0.3, -0.25) is 5.32 Å². The standard InChI is InChI=1S/C14H19NO4/c1-4-5-8-15-13-9-6-7-10(17-2)12(18-3)11(9)14(16)19-13/h6-7,13,15H,4-5,8H2,1-3H3. The van der Waals surface area contributed by atoms with Crippen LogP contribution in [0.4, 0.5) is 0 Å². The number of unbranched alkanes of at least 4 members (excludes halogenated alkanes) is 1. The highest BCUT2D eigenvalue weighted by molar-refractivity contribution is 5.98. The summed E-state index contributed by atoms with van der Waals surface area (Å²) in [6.07, 6.45) is 1.73. The summed E-state index contributed by atoms with van der Waals surface area (Å²) in [5, 5.41) is 3.22. The average Bonchev–Trinajstić information content (AvgIpc) is 2.75. The van der Waals surface area contributed by atoms with Gasteiger partial charge < -0.3 is 14.2 Å². The largest absolute Gasteiger partial charge is 0.493 e. The van der Waals surface area contributed by atoms with Crippen LogP contribution in [0.1, 0.15) is 41.9 Å². The molecule has 1 unspecified atom stereocenters. The monoisotopic (exact) mass is 265 g/mol. The van der Waals surface area contributed by atoms with Crippen molar-refractivity contribution in [1.82, 2.24) is 5.32 Å². The average molecular weight is 265 g/mol. The molecule has 5 heteroatoms. The van der Waals surface area contributed by atoms with Gasteiger partial charge in [-0.05, 0) is 25.1 Å². The van der Waals surface area contributed by atoms with Crippen LogP contribution in [0, 0.1) is 0 Å². The second kappa shape index (κ2) is 5.93. The van der Waals surface area contributed by atoms with Gasteiger partial charge in [0.2, 0.25) is 0 Å². The lowest BCUT2D eigenvalue weighted by Crippen LogP contribution is -2.22. The molecule has 5 nitrogen and oxygen atoms in total. The molecule has 2 rings (SSSR count). The minimum Gasteiger partial charge on any atom is -0.493 e. The summed E-state index contributed by atoms with van der Waals surface area (Å²) in [6, 6.07) is 3.62. The number of nitrogens with one attached hydrogen (secondary N) is 1. The van der Waals surface area contributed by atoms with Crippen LogP contribution in [0.25, 0.3) is 0 Å². The van der Waals surface area contributed by atoms with Crippen LogP contribution in [0.5, 0.6) is 11.5 Å². The van der Waals surface area contributed by atoms with Crippen molar-refractivity contribution in [2.45, 2.75) is 26.0 Å². The molecule has 1 aliphatic rings. The Kier molecular flexibility index (Phi) is 4.27. The highest BCUT2D eigenvalue weighted by Crippen LogP contribution is 2.40. The van der Waals surface area contributed by atoms with Crippen LogP contribution in [-0.2, 0) is 4.74 Å². The molecule has 0 spiro atoms. The normalized spacial score (nSPS) is 17.0. The van der Waals surface area contributed by atoms with Gasteiger partial charge >= 0.3 is 5.97 Å². The Morgan fingerprint density at radius 1 is 1.32 bits per heavy atom. The van der Waals surface area contributed by atoms with E-state index in [-0.39, 0.29) is 5.97 Å². The zero-order valence-corrected chi connectivity index (χ0v) is 11.5. The first-order valence-electron chi connectivity index (χ1n) is 6.42. The van der Waals surface area contributed by atoms with E-state index in [4.69, 9.17) is 14.2 Å². The van der Waals surface area contributed by atoms with Gasteiger partial charge in [-0.25, -0.2) is 4.79 Å². The lowest BCUT2D eigenvalue weighted by molar-refractivity contribution is 0.0307. The molecule has 1 aliphatic heterocycles. The second-order valence-electron chi connectivity index (χ2n) is 4.36. The van der Waals surface area contributed by atoms with Crippen molar-refractivity contribution in [2.75, 3.05) is 20.8 Å². The zero-order chi connectivity index (χ0) is 13.8. The van der Waals surface area contributed by atoms with Crippen LogP contribution >= 0.6 is 0 Å². The topological polar surface area (TPSA) is 56.8 Å². The van der Waals surface area contributed by atoms with E-state index in [0.717, 1.165) is 24.9 Å². The van der Waals surface area contributed by atoms with Crippen LogP contribution in [0.3, 0.4) is 0 Å². The molecule has 19 heavy (non-hydrogen) atoms. The number of carbonyl (C=O) groups excluding carboxylic acids is 1. The number of benzene rings is 1. The summed E-state index contributed by atoms with van der Waals surface area (Å²) < 4.78 is 15.8. The molecule has 0 bridgehead atoms. The highest BCUT2D eigenvalue weighted by Gasteiger charge is 2.35. The van der Waals surface area contributed by atoms with Gasteiger partial charge in [-0.1, -0.05) is 13.3 Å². The van der Waals surface area contributed by atoms with Crippen molar-refractivity contribution in [2.24, 2.45) is 0 Å².